The summed E-state index contributed by atoms with van der Waals surface area (Å²) in [5.41, 5.74) is 1.47. The predicted molar refractivity (Wildman–Crippen MR) is 111 cm³/mol. The normalized spacial score (nSPS) is 15.3. The minimum absolute atomic E-state index is 0.00803. The van der Waals surface area contributed by atoms with Gasteiger partial charge in [-0.1, -0.05) is 11.6 Å². The molecule has 0 atom stereocenters. The highest BCUT2D eigenvalue weighted by Crippen LogP contribution is 2.34. The first kappa shape index (κ1) is 19.5. The van der Waals surface area contributed by atoms with Crippen LogP contribution >= 0.6 is 11.6 Å². The standard InChI is InChI=1S/C23H16ClFN2O4/c24-15-9-13-3-1-7-26(20(13)19(25)11-15)21(28)14-5-6-17-18(10-14)23(30)27(22(17)29)12-16-4-2-8-31-16/h2,4-6,8-11H,1,3,7,12H2. The van der Waals surface area contributed by atoms with Crippen molar-refractivity contribution in [3.63, 3.8) is 0 Å². The number of carbonyl (C=O) groups is 3. The zero-order valence-corrected chi connectivity index (χ0v) is 17.0. The molecule has 0 bridgehead atoms. The number of anilines is 1. The van der Waals surface area contributed by atoms with E-state index in [1.807, 2.05) is 0 Å². The van der Waals surface area contributed by atoms with Crippen LogP contribution in [0.5, 0.6) is 0 Å². The smallest absolute Gasteiger partial charge is 0.261 e. The number of amides is 3. The van der Waals surface area contributed by atoms with Gasteiger partial charge in [0.2, 0.25) is 0 Å². The molecule has 0 aliphatic carbocycles. The molecule has 0 unspecified atom stereocenters. The number of hydrogen-bond acceptors (Lipinski definition) is 4. The van der Waals surface area contributed by atoms with Gasteiger partial charge in [-0.05, 0) is 60.9 Å². The lowest BCUT2D eigenvalue weighted by atomic mass is 9.99. The van der Waals surface area contributed by atoms with Crippen molar-refractivity contribution in [1.82, 2.24) is 4.90 Å². The zero-order valence-electron chi connectivity index (χ0n) is 16.2. The number of rotatable bonds is 3. The molecular weight excluding hydrogens is 423 g/mol. The van der Waals surface area contributed by atoms with Gasteiger partial charge in [0.1, 0.15) is 11.6 Å². The molecule has 0 spiro atoms. The lowest BCUT2D eigenvalue weighted by Gasteiger charge is -2.30. The van der Waals surface area contributed by atoms with Crippen LogP contribution in [0.15, 0.2) is 53.1 Å². The van der Waals surface area contributed by atoms with E-state index in [-0.39, 0.29) is 33.9 Å². The topological polar surface area (TPSA) is 70.8 Å². The van der Waals surface area contributed by atoms with E-state index >= 15 is 0 Å². The molecule has 3 amide bonds. The van der Waals surface area contributed by atoms with E-state index in [1.54, 1.807) is 18.2 Å². The second kappa shape index (κ2) is 7.35. The monoisotopic (exact) mass is 438 g/mol. The Morgan fingerprint density at radius 1 is 1.10 bits per heavy atom. The highest BCUT2D eigenvalue weighted by Gasteiger charge is 2.37. The van der Waals surface area contributed by atoms with Crippen LogP contribution in [-0.2, 0) is 13.0 Å². The van der Waals surface area contributed by atoms with E-state index in [0.29, 0.717) is 30.7 Å². The molecular formula is C23H16ClFN2O4. The van der Waals surface area contributed by atoms with Gasteiger partial charge < -0.3 is 9.32 Å². The third-order valence-corrected chi connectivity index (χ3v) is 5.78. The Morgan fingerprint density at radius 2 is 1.90 bits per heavy atom. The molecule has 0 N–H and O–H groups in total. The van der Waals surface area contributed by atoms with Gasteiger partial charge in [-0.2, -0.15) is 0 Å². The Hall–Kier alpha value is -3.45. The van der Waals surface area contributed by atoms with Gasteiger partial charge in [0.15, 0.2) is 0 Å². The predicted octanol–water partition coefficient (Wildman–Crippen LogP) is 4.46. The highest BCUT2D eigenvalue weighted by molar-refractivity contribution is 6.30. The first-order valence-electron chi connectivity index (χ1n) is 9.76. The van der Waals surface area contributed by atoms with E-state index in [4.69, 9.17) is 16.0 Å². The van der Waals surface area contributed by atoms with Crippen molar-refractivity contribution in [2.45, 2.75) is 19.4 Å². The van der Waals surface area contributed by atoms with E-state index < -0.39 is 23.5 Å². The first-order chi connectivity index (χ1) is 14.9. The molecule has 0 saturated heterocycles. The fourth-order valence-electron chi connectivity index (χ4n) is 4.14. The maximum atomic E-state index is 14.6. The number of imide groups is 1. The van der Waals surface area contributed by atoms with Crippen LogP contribution in [0, 0.1) is 5.82 Å². The molecule has 0 radical (unpaired) electrons. The van der Waals surface area contributed by atoms with Gasteiger partial charge in [0.05, 0.1) is 29.6 Å². The van der Waals surface area contributed by atoms with Gasteiger partial charge in [0.25, 0.3) is 17.7 Å². The molecule has 2 aromatic carbocycles. The summed E-state index contributed by atoms with van der Waals surface area (Å²) in [6.45, 7) is 0.354. The van der Waals surface area contributed by atoms with Crippen molar-refractivity contribution < 1.29 is 23.2 Å². The maximum Gasteiger partial charge on any atom is 0.261 e. The second-order valence-electron chi connectivity index (χ2n) is 7.49. The molecule has 31 heavy (non-hydrogen) atoms. The van der Waals surface area contributed by atoms with Gasteiger partial charge in [-0.3, -0.25) is 19.3 Å². The van der Waals surface area contributed by atoms with Crippen LogP contribution in [-0.4, -0.2) is 29.2 Å². The Labute approximate surface area is 181 Å². The number of carbonyl (C=O) groups excluding carboxylic acids is 3. The summed E-state index contributed by atoms with van der Waals surface area (Å²) in [4.78, 5) is 41.2. The maximum absolute atomic E-state index is 14.6. The zero-order chi connectivity index (χ0) is 21.7. The molecule has 0 fully saturated rings. The van der Waals surface area contributed by atoms with Crippen molar-refractivity contribution in [2.75, 3.05) is 11.4 Å². The van der Waals surface area contributed by atoms with E-state index in [1.165, 1.54) is 35.4 Å². The summed E-state index contributed by atoms with van der Waals surface area (Å²) in [7, 11) is 0. The number of furan rings is 1. The fourth-order valence-corrected chi connectivity index (χ4v) is 4.36. The Bertz CT molecular complexity index is 1240. The van der Waals surface area contributed by atoms with Crippen molar-refractivity contribution in [3.8, 4) is 0 Å². The van der Waals surface area contributed by atoms with Gasteiger partial charge in [0, 0.05) is 17.1 Å². The number of fused-ring (bicyclic) bond motifs is 2. The Kier molecular flexibility index (Phi) is 4.63. The Balaban J connectivity index is 1.47. The van der Waals surface area contributed by atoms with E-state index in [0.717, 1.165) is 4.90 Å². The van der Waals surface area contributed by atoms with Crippen LogP contribution in [0.25, 0.3) is 0 Å². The van der Waals surface area contributed by atoms with Crippen molar-refractivity contribution in [1.29, 1.82) is 0 Å². The number of halogens is 2. The van der Waals surface area contributed by atoms with Crippen LogP contribution in [0.1, 0.15) is 48.8 Å². The molecule has 5 rings (SSSR count). The van der Waals surface area contributed by atoms with Crippen LogP contribution in [0.3, 0.4) is 0 Å². The quantitative estimate of drug-likeness (QED) is 0.566. The second-order valence-corrected chi connectivity index (χ2v) is 7.93. The molecule has 6 nitrogen and oxygen atoms in total. The molecule has 2 aliphatic heterocycles. The van der Waals surface area contributed by atoms with Crippen LogP contribution in [0.4, 0.5) is 10.1 Å². The van der Waals surface area contributed by atoms with Crippen LogP contribution < -0.4 is 4.90 Å². The number of benzene rings is 2. The fraction of sp³-hybridized carbons (Fsp3) is 0.174. The first-order valence-corrected chi connectivity index (χ1v) is 10.1. The number of hydrogen-bond donors (Lipinski definition) is 0. The van der Waals surface area contributed by atoms with Crippen LogP contribution in [0.2, 0.25) is 5.02 Å². The third kappa shape index (κ3) is 3.21. The van der Waals surface area contributed by atoms with Crippen molar-refractivity contribution in [3.05, 3.63) is 87.6 Å². The molecule has 8 heteroatoms. The summed E-state index contributed by atoms with van der Waals surface area (Å²) in [5.74, 6) is -1.46. The summed E-state index contributed by atoms with van der Waals surface area (Å²) in [6.07, 6.45) is 2.75. The Morgan fingerprint density at radius 3 is 2.68 bits per heavy atom. The largest absolute Gasteiger partial charge is 0.467 e. The SMILES string of the molecule is O=C1c2ccc(C(=O)N3CCCc4cc(Cl)cc(F)c43)cc2C(=O)N1Cc1ccco1. The molecule has 2 aliphatic rings. The summed E-state index contributed by atoms with van der Waals surface area (Å²) < 4.78 is 19.9. The lowest BCUT2D eigenvalue weighted by molar-refractivity contribution is 0.0631. The molecule has 1 aromatic heterocycles. The molecule has 3 heterocycles. The summed E-state index contributed by atoms with van der Waals surface area (Å²) in [6, 6.07) is 10.6. The number of nitrogens with zero attached hydrogens (tertiary/aromatic N) is 2. The minimum atomic E-state index is -0.562. The molecule has 3 aromatic rings. The average molecular weight is 439 g/mol. The average Bonchev–Trinajstić information content (AvgIpc) is 3.35. The van der Waals surface area contributed by atoms with E-state index in [2.05, 4.69) is 0 Å². The minimum Gasteiger partial charge on any atom is -0.467 e. The number of aryl methyl sites for hydroxylation is 1. The van der Waals surface area contributed by atoms with E-state index in [9.17, 15) is 18.8 Å². The van der Waals surface area contributed by atoms with Gasteiger partial charge >= 0.3 is 0 Å². The summed E-state index contributed by atoms with van der Waals surface area (Å²) in [5, 5.41) is 0.281. The van der Waals surface area contributed by atoms with Gasteiger partial charge in [-0.25, -0.2) is 4.39 Å². The van der Waals surface area contributed by atoms with Gasteiger partial charge in [-0.15, -0.1) is 0 Å². The summed E-state index contributed by atoms with van der Waals surface area (Å²) >= 11 is 5.96. The highest BCUT2D eigenvalue weighted by atomic mass is 35.5. The lowest BCUT2D eigenvalue weighted by Crippen LogP contribution is -2.36. The van der Waals surface area contributed by atoms with Crippen molar-refractivity contribution in [2.24, 2.45) is 0 Å². The molecule has 0 saturated carbocycles. The van der Waals surface area contributed by atoms with Crippen molar-refractivity contribution >= 4 is 35.0 Å². The molecule has 156 valence electrons. The third-order valence-electron chi connectivity index (χ3n) is 5.56.